The maximum Gasteiger partial charge on any atom is 0.226 e. The number of aromatic nitrogens is 3. The second-order valence-electron chi connectivity index (χ2n) is 8.31. The average molecular weight is 368 g/mol. The van der Waals surface area contributed by atoms with Crippen molar-refractivity contribution in [3.05, 3.63) is 18.1 Å². The van der Waals surface area contributed by atoms with Gasteiger partial charge in [-0.2, -0.15) is 0 Å². The number of piperidine rings is 2. The number of rotatable bonds is 2. The minimum absolute atomic E-state index is 0.190. The van der Waals surface area contributed by atoms with Crippen LogP contribution in [0.1, 0.15) is 37.3 Å². The molecule has 144 valence electrons. The zero-order valence-corrected chi connectivity index (χ0v) is 16.0. The highest BCUT2D eigenvalue weighted by molar-refractivity contribution is 5.84. The van der Waals surface area contributed by atoms with Gasteiger partial charge < -0.3 is 19.7 Å². The monoisotopic (exact) mass is 368 g/mol. The Balaban J connectivity index is 1.30. The van der Waals surface area contributed by atoms with Gasteiger partial charge in [0.15, 0.2) is 0 Å². The number of fused-ring (bicyclic) bond motifs is 3. The van der Waals surface area contributed by atoms with Gasteiger partial charge in [-0.1, -0.05) is 0 Å². The van der Waals surface area contributed by atoms with Crippen LogP contribution in [0.25, 0.3) is 11.0 Å². The van der Waals surface area contributed by atoms with Crippen LogP contribution in [-0.2, 0) is 11.2 Å². The van der Waals surface area contributed by atoms with E-state index in [-0.39, 0.29) is 5.92 Å². The Hall–Kier alpha value is -2.15. The van der Waals surface area contributed by atoms with Crippen LogP contribution in [0, 0.1) is 5.92 Å². The van der Waals surface area contributed by atoms with Crippen molar-refractivity contribution >= 4 is 22.8 Å². The smallest absolute Gasteiger partial charge is 0.226 e. The minimum Gasteiger partial charge on any atom is -0.369 e. The molecule has 5 heterocycles. The van der Waals surface area contributed by atoms with Gasteiger partial charge in [0.1, 0.15) is 11.3 Å². The maximum absolute atomic E-state index is 12.9. The number of hydrogen-bond donors (Lipinski definition) is 1. The highest BCUT2D eigenvalue weighted by Gasteiger charge is 2.31. The second-order valence-corrected chi connectivity index (χ2v) is 8.31. The van der Waals surface area contributed by atoms with Crippen LogP contribution in [0.2, 0.25) is 0 Å². The van der Waals surface area contributed by atoms with E-state index < -0.39 is 0 Å². The van der Waals surface area contributed by atoms with Crippen molar-refractivity contribution in [3.63, 3.8) is 0 Å². The molecule has 0 aliphatic carbocycles. The number of nitrogens with one attached hydrogen (secondary N) is 1. The minimum atomic E-state index is 0.190. The van der Waals surface area contributed by atoms with E-state index in [9.17, 15) is 4.79 Å². The summed E-state index contributed by atoms with van der Waals surface area (Å²) in [5, 5.41) is 3.36. The maximum atomic E-state index is 12.9. The topological polar surface area (TPSA) is 66.3 Å². The number of hydrogen-bond acceptors (Lipinski definition) is 5. The van der Waals surface area contributed by atoms with Crippen molar-refractivity contribution in [2.45, 2.75) is 38.1 Å². The van der Waals surface area contributed by atoms with Crippen molar-refractivity contribution in [1.82, 2.24) is 24.3 Å². The molecule has 7 nitrogen and oxygen atoms in total. The summed E-state index contributed by atoms with van der Waals surface area (Å²) in [4.78, 5) is 26.4. The first-order valence-corrected chi connectivity index (χ1v) is 10.3. The van der Waals surface area contributed by atoms with Crippen LogP contribution in [0.4, 0.5) is 5.82 Å². The van der Waals surface area contributed by atoms with Gasteiger partial charge in [-0.3, -0.25) is 4.79 Å². The molecule has 1 N–H and O–H groups in total. The van der Waals surface area contributed by atoms with Crippen molar-refractivity contribution in [2.24, 2.45) is 5.92 Å². The molecule has 2 saturated heterocycles. The van der Waals surface area contributed by atoms with Gasteiger partial charge in [-0.05, 0) is 45.7 Å². The number of likely N-dealkylation sites (tertiary alicyclic amines) is 2. The number of amides is 1. The van der Waals surface area contributed by atoms with Gasteiger partial charge in [0.2, 0.25) is 5.91 Å². The Morgan fingerprint density at radius 2 is 2.04 bits per heavy atom. The van der Waals surface area contributed by atoms with Gasteiger partial charge >= 0.3 is 0 Å². The fourth-order valence-corrected chi connectivity index (χ4v) is 5.06. The lowest BCUT2D eigenvalue weighted by molar-refractivity contribution is -0.138. The van der Waals surface area contributed by atoms with Gasteiger partial charge in [-0.15, -0.1) is 0 Å². The Bertz CT molecular complexity index is 854. The lowest BCUT2D eigenvalue weighted by atomic mass is 9.95. The van der Waals surface area contributed by atoms with Gasteiger partial charge in [-0.25, -0.2) is 9.97 Å². The van der Waals surface area contributed by atoms with Crippen molar-refractivity contribution in [2.75, 3.05) is 45.1 Å². The summed E-state index contributed by atoms with van der Waals surface area (Å²) in [6.07, 6.45) is 9.05. The number of carbonyl (C=O) groups excluding carboxylic acids is 1. The normalized spacial score (nSPS) is 24.2. The SMILES string of the molecule is CN1CCCC(C(=O)N2CCC(n3cnc4cnc5c(c43)CCN5)CC2)C1. The van der Waals surface area contributed by atoms with Gasteiger partial charge in [0, 0.05) is 37.8 Å². The third kappa shape index (κ3) is 2.98. The zero-order chi connectivity index (χ0) is 18.4. The Labute approximate surface area is 159 Å². The molecule has 0 radical (unpaired) electrons. The first kappa shape index (κ1) is 17.0. The molecule has 2 fully saturated rings. The van der Waals surface area contributed by atoms with E-state index in [0.717, 1.165) is 76.2 Å². The fraction of sp³-hybridized carbons (Fsp3) is 0.650. The molecule has 5 rings (SSSR count). The van der Waals surface area contributed by atoms with E-state index >= 15 is 0 Å². The molecule has 3 aliphatic rings. The van der Waals surface area contributed by atoms with Gasteiger partial charge in [0.05, 0.1) is 24.0 Å². The zero-order valence-electron chi connectivity index (χ0n) is 16.0. The van der Waals surface area contributed by atoms with E-state index in [0.29, 0.717) is 11.9 Å². The highest BCUT2D eigenvalue weighted by atomic mass is 16.2. The molecule has 0 bridgehead atoms. The van der Waals surface area contributed by atoms with Crippen molar-refractivity contribution in [1.29, 1.82) is 0 Å². The van der Waals surface area contributed by atoms with Crippen molar-refractivity contribution < 1.29 is 4.79 Å². The van der Waals surface area contributed by atoms with Gasteiger partial charge in [0.25, 0.3) is 0 Å². The molecule has 2 aromatic heterocycles. The predicted octanol–water partition coefficient (Wildman–Crippen LogP) is 1.90. The molecule has 0 saturated carbocycles. The molecule has 0 aromatic carbocycles. The Kier molecular flexibility index (Phi) is 4.27. The highest BCUT2D eigenvalue weighted by Crippen LogP contribution is 2.33. The quantitative estimate of drug-likeness (QED) is 0.877. The second kappa shape index (κ2) is 6.78. The largest absolute Gasteiger partial charge is 0.369 e. The molecular weight excluding hydrogens is 340 g/mol. The Morgan fingerprint density at radius 3 is 2.85 bits per heavy atom. The number of anilines is 1. The van der Waals surface area contributed by atoms with Crippen LogP contribution in [0.5, 0.6) is 0 Å². The first-order valence-electron chi connectivity index (χ1n) is 10.3. The summed E-state index contributed by atoms with van der Waals surface area (Å²) in [6.45, 7) is 4.70. The summed E-state index contributed by atoms with van der Waals surface area (Å²) in [6, 6.07) is 0.417. The Morgan fingerprint density at radius 1 is 1.19 bits per heavy atom. The molecule has 7 heteroatoms. The summed E-state index contributed by atoms with van der Waals surface area (Å²) >= 11 is 0. The average Bonchev–Trinajstić information content (AvgIpc) is 3.33. The van der Waals surface area contributed by atoms with Crippen LogP contribution < -0.4 is 5.32 Å². The third-order valence-electron chi connectivity index (χ3n) is 6.52. The number of nitrogens with zero attached hydrogens (tertiary/aromatic N) is 5. The molecule has 3 aliphatic heterocycles. The molecule has 2 aromatic rings. The third-order valence-corrected chi connectivity index (χ3v) is 6.52. The molecule has 1 amide bonds. The molecule has 0 spiro atoms. The summed E-state index contributed by atoms with van der Waals surface area (Å²) in [5.74, 6) is 1.57. The standard InChI is InChI=1S/C20H28N6O/c1-24-8-2-3-14(12-24)20(27)25-9-5-15(6-10-25)26-13-23-17-11-22-19-16(18(17)26)4-7-21-19/h11,13-15H,2-10,12H2,1H3,(H,21,22). The summed E-state index contributed by atoms with van der Waals surface area (Å²) < 4.78 is 2.35. The number of pyridine rings is 1. The predicted molar refractivity (Wildman–Crippen MR) is 105 cm³/mol. The van der Waals surface area contributed by atoms with Crippen LogP contribution in [-0.4, -0.2) is 70.0 Å². The fourth-order valence-electron chi connectivity index (χ4n) is 5.06. The molecule has 1 unspecified atom stereocenters. The number of imidazole rings is 1. The van der Waals surface area contributed by atoms with Crippen LogP contribution in [0.3, 0.4) is 0 Å². The lowest BCUT2D eigenvalue weighted by Crippen LogP contribution is -2.46. The van der Waals surface area contributed by atoms with Crippen LogP contribution in [0.15, 0.2) is 12.5 Å². The van der Waals surface area contributed by atoms with E-state index in [1.54, 1.807) is 0 Å². The molecule has 1 atom stereocenters. The lowest BCUT2D eigenvalue weighted by Gasteiger charge is -2.37. The summed E-state index contributed by atoms with van der Waals surface area (Å²) in [5.41, 5.74) is 3.53. The van der Waals surface area contributed by atoms with Crippen molar-refractivity contribution in [3.8, 4) is 0 Å². The number of carbonyl (C=O) groups is 1. The van der Waals surface area contributed by atoms with E-state index in [1.807, 2.05) is 12.5 Å². The van der Waals surface area contributed by atoms with E-state index in [1.165, 1.54) is 11.1 Å². The molecule has 27 heavy (non-hydrogen) atoms. The van der Waals surface area contributed by atoms with E-state index in [2.05, 4.69) is 36.7 Å². The van der Waals surface area contributed by atoms with E-state index in [4.69, 9.17) is 0 Å². The first-order chi connectivity index (χ1) is 13.2. The summed E-state index contributed by atoms with van der Waals surface area (Å²) in [7, 11) is 2.12. The molecular formula is C20H28N6O. The van der Waals surface area contributed by atoms with Crippen LogP contribution >= 0.6 is 0 Å².